The highest BCUT2D eigenvalue weighted by atomic mass is 16.6. The summed E-state index contributed by atoms with van der Waals surface area (Å²) in [6, 6.07) is 5.92. The molecular weight excluding hydrogens is 330 g/mol. The number of benzene rings is 1. The van der Waals surface area contributed by atoms with Gasteiger partial charge in [0.1, 0.15) is 18.4 Å². The molecule has 10 nitrogen and oxygen atoms in total. The van der Waals surface area contributed by atoms with Crippen LogP contribution in [0, 0.1) is 10.1 Å². The van der Waals surface area contributed by atoms with Crippen LogP contribution in [0.5, 0.6) is 11.6 Å². The lowest BCUT2D eigenvalue weighted by molar-refractivity contribution is -0.386. The standard InChI is InChI=1S/C15H11N5O5/c1-24-15(21)10-2-4-11(5-3-10)25-14-12(20(22)23)13(17-8-18-14)19-7-6-16-9-19/h2-9H,1H3. The molecule has 0 bridgehead atoms. The van der Waals surface area contributed by atoms with Crippen molar-refractivity contribution in [1.82, 2.24) is 19.5 Å². The van der Waals surface area contributed by atoms with Crippen molar-refractivity contribution in [2.24, 2.45) is 0 Å². The lowest BCUT2D eigenvalue weighted by Gasteiger charge is -2.08. The fraction of sp³-hybridized carbons (Fsp3) is 0.0667. The van der Waals surface area contributed by atoms with Crippen LogP contribution in [0.15, 0.2) is 49.3 Å². The molecule has 0 saturated carbocycles. The number of hydrogen-bond donors (Lipinski definition) is 0. The minimum absolute atomic E-state index is 0.0266. The van der Waals surface area contributed by atoms with E-state index in [1.54, 1.807) is 0 Å². The molecule has 2 heterocycles. The predicted octanol–water partition coefficient (Wildman–Crippen LogP) is 2.15. The average Bonchev–Trinajstić information content (AvgIpc) is 3.16. The third kappa shape index (κ3) is 3.27. The van der Waals surface area contributed by atoms with Crippen molar-refractivity contribution in [1.29, 1.82) is 0 Å². The summed E-state index contributed by atoms with van der Waals surface area (Å²) in [5.74, 6) is -0.429. The van der Waals surface area contributed by atoms with Gasteiger partial charge in [0.15, 0.2) is 0 Å². The molecule has 0 saturated heterocycles. The highest BCUT2D eigenvalue weighted by Gasteiger charge is 2.26. The molecule has 0 aliphatic rings. The van der Waals surface area contributed by atoms with Gasteiger partial charge in [-0.3, -0.25) is 14.7 Å². The molecule has 0 fully saturated rings. The summed E-state index contributed by atoms with van der Waals surface area (Å²) in [6.45, 7) is 0. The van der Waals surface area contributed by atoms with Crippen LogP contribution in [0.1, 0.15) is 10.4 Å². The number of esters is 1. The summed E-state index contributed by atoms with van der Waals surface area (Å²) >= 11 is 0. The second-order valence-corrected chi connectivity index (χ2v) is 4.70. The zero-order chi connectivity index (χ0) is 17.8. The Morgan fingerprint density at radius 1 is 1.24 bits per heavy atom. The molecule has 0 unspecified atom stereocenters. The highest BCUT2D eigenvalue weighted by Crippen LogP contribution is 2.32. The van der Waals surface area contributed by atoms with E-state index in [0.717, 1.165) is 6.33 Å². The number of aromatic nitrogens is 4. The number of nitro groups is 1. The minimum atomic E-state index is -0.631. The van der Waals surface area contributed by atoms with Gasteiger partial charge in [0, 0.05) is 12.4 Å². The van der Waals surface area contributed by atoms with Crippen molar-refractivity contribution >= 4 is 11.7 Å². The zero-order valence-corrected chi connectivity index (χ0v) is 12.9. The van der Waals surface area contributed by atoms with Gasteiger partial charge in [0.25, 0.3) is 0 Å². The predicted molar refractivity (Wildman–Crippen MR) is 83.7 cm³/mol. The Bertz CT molecular complexity index is 909. The summed E-state index contributed by atoms with van der Waals surface area (Å²) in [7, 11) is 1.27. The number of carbonyl (C=O) groups is 1. The van der Waals surface area contributed by atoms with Crippen molar-refractivity contribution in [2.75, 3.05) is 7.11 Å². The third-order valence-electron chi connectivity index (χ3n) is 3.19. The van der Waals surface area contributed by atoms with Gasteiger partial charge in [-0.05, 0) is 24.3 Å². The van der Waals surface area contributed by atoms with E-state index in [-0.39, 0.29) is 17.4 Å². The number of hydrogen-bond acceptors (Lipinski definition) is 8. The monoisotopic (exact) mass is 341 g/mol. The maximum Gasteiger partial charge on any atom is 0.374 e. The van der Waals surface area contributed by atoms with Crippen LogP contribution in [0.2, 0.25) is 0 Å². The van der Waals surface area contributed by atoms with E-state index < -0.39 is 16.6 Å². The van der Waals surface area contributed by atoms with E-state index in [4.69, 9.17) is 4.74 Å². The van der Waals surface area contributed by atoms with Crippen LogP contribution in [0.3, 0.4) is 0 Å². The molecule has 10 heteroatoms. The van der Waals surface area contributed by atoms with E-state index in [1.165, 1.54) is 54.7 Å². The minimum Gasteiger partial charge on any atom is -0.465 e. The fourth-order valence-corrected chi connectivity index (χ4v) is 2.05. The van der Waals surface area contributed by atoms with Gasteiger partial charge in [-0.1, -0.05) is 0 Å². The molecular formula is C15H11N5O5. The van der Waals surface area contributed by atoms with Gasteiger partial charge < -0.3 is 9.47 Å². The largest absolute Gasteiger partial charge is 0.465 e. The molecule has 1 aromatic carbocycles. The summed E-state index contributed by atoms with van der Waals surface area (Å²) in [5, 5.41) is 11.5. The Labute approximate surface area is 140 Å². The van der Waals surface area contributed by atoms with Crippen molar-refractivity contribution in [3.8, 4) is 17.4 Å². The number of carbonyl (C=O) groups excluding carboxylic acids is 1. The smallest absolute Gasteiger partial charge is 0.374 e. The molecule has 126 valence electrons. The van der Waals surface area contributed by atoms with Crippen LogP contribution < -0.4 is 4.74 Å². The Balaban J connectivity index is 1.96. The topological polar surface area (TPSA) is 122 Å². The van der Waals surface area contributed by atoms with Gasteiger partial charge in [0.05, 0.1) is 17.6 Å². The maximum absolute atomic E-state index is 11.5. The summed E-state index contributed by atoms with van der Waals surface area (Å²) in [4.78, 5) is 33.9. The summed E-state index contributed by atoms with van der Waals surface area (Å²) in [5.41, 5.74) is -0.0799. The molecule has 0 amide bonds. The molecule has 0 radical (unpaired) electrons. The van der Waals surface area contributed by atoms with Crippen LogP contribution in [-0.4, -0.2) is 37.5 Å². The lowest BCUT2D eigenvalue weighted by Crippen LogP contribution is -2.05. The Morgan fingerprint density at radius 2 is 2.00 bits per heavy atom. The van der Waals surface area contributed by atoms with E-state index in [2.05, 4.69) is 19.7 Å². The molecule has 25 heavy (non-hydrogen) atoms. The molecule has 0 N–H and O–H groups in total. The fourth-order valence-electron chi connectivity index (χ4n) is 2.05. The SMILES string of the molecule is COC(=O)c1ccc(Oc2ncnc(-n3ccnc3)c2[N+](=O)[O-])cc1. The van der Waals surface area contributed by atoms with Crippen LogP contribution >= 0.6 is 0 Å². The molecule has 0 aliphatic carbocycles. The molecule has 0 aliphatic heterocycles. The molecule has 3 aromatic rings. The maximum atomic E-state index is 11.5. The second-order valence-electron chi connectivity index (χ2n) is 4.70. The van der Waals surface area contributed by atoms with Crippen molar-refractivity contribution in [2.45, 2.75) is 0 Å². The quantitative estimate of drug-likeness (QED) is 0.393. The first-order valence-electron chi connectivity index (χ1n) is 6.94. The van der Waals surface area contributed by atoms with Crippen LogP contribution in [-0.2, 0) is 4.74 Å². The van der Waals surface area contributed by atoms with Gasteiger partial charge >= 0.3 is 17.5 Å². The van der Waals surface area contributed by atoms with Gasteiger partial charge in [-0.15, -0.1) is 0 Å². The first kappa shape index (κ1) is 16.1. The van der Waals surface area contributed by atoms with E-state index >= 15 is 0 Å². The Hall–Kier alpha value is -3.82. The average molecular weight is 341 g/mol. The van der Waals surface area contributed by atoms with Crippen LogP contribution in [0.25, 0.3) is 5.82 Å². The van der Waals surface area contributed by atoms with Gasteiger partial charge in [-0.2, -0.15) is 4.98 Å². The number of nitrogens with zero attached hydrogens (tertiary/aromatic N) is 5. The molecule has 0 spiro atoms. The van der Waals surface area contributed by atoms with E-state index in [9.17, 15) is 14.9 Å². The third-order valence-corrected chi connectivity index (χ3v) is 3.19. The number of rotatable bonds is 5. The Kier molecular flexibility index (Phi) is 4.33. The second kappa shape index (κ2) is 6.74. The number of methoxy groups -OCH3 is 1. The van der Waals surface area contributed by atoms with Gasteiger partial charge in [0.2, 0.25) is 5.82 Å². The summed E-state index contributed by atoms with van der Waals surface area (Å²) < 4.78 is 11.5. The first-order valence-corrected chi connectivity index (χ1v) is 6.94. The molecule has 0 atom stereocenters. The van der Waals surface area contributed by atoms with Gasteiger partial charge in [-0.25, -0.2) is 14.8 Å². The normalized spacial score (nSPS) is 10.3. The molecule has 2 aromatic heterocycles. The number of ether oxygens (including phenoxy) is 2. The zero-order valence-electron chi connectivity index (χ0n) is 12.9. The molecule has 3 rings (SSSR count). The van der Waals surface area contributed by atoms with Crippen molar-refractivity contribution in [3.05, 3.63) is 65.0 Å². The summed E-state index contributed by atoms with van der Waals surface area (Å²) in [6.07, 6.45) is 5.52. The van der Waals surface area contributed by atoms with Crippen molar-refractivity contribution in [3.63, 3.8) is 0 Å². The van der Waals surface area contributed by atoms with Crippen LogP contribution in [0.4, 0.5) is 5.69 Å². The Morgan fingerprint density at radius 3 is 2.60 bits per heavy atom. The lowest BCUT2D eigenvalue weighted by atomic mass is 10.2. The number of imidazole rings is 1. The van der Waals surface area contributed by atoms with E-state index in [1.807, 2.05) is 0 Å². The first-order chi connectivity index (χ1) is 12.1. The highest BCUT2D eigenvalue weighted by molar-refractivity contribution is 5.89. The van der Waals surface area contributed by atoms with E-state index in [0.29, 0.717) is 5.56 Å². The van der Waals surface area contributed by atoms with Crippen molar-refractivity contribution < 1.29 is 19.2 Å².